The van der Waals surface area contributed by atoms with Gasteiger partial charge in [-0.15, -0.1) is 0 Å². The van der Waals surface area contributed by atoms with Crippen molar-refractivity contribution in [3.8, 4) is 17.1 Å². The van der Waals surface area contributed by atoms with E-state index < -0.39 is 5.97 Å². The van der Waals surface area contributed by atoms with Crippen LogP contribution in [-0.2, 0) is 5.41 Å². The highest BCUT2D eigenvalue weighted by molar-refractivity contribution is 5.94. The molecule has 2 aromatic rings. The van der Waals surface area contributed by atoms with Crippen molar-refractivity contribution in [2.75, 3.05) is 7.11 Å². The van der Waals surface area contributed by atoms with Crippen LogP contribution in [0.5, 0.6) is 5.75 Å². The molecule has 5 nitrogen and oxygen atoms in total. The summed E-state index contributed by atoms with van der Waals surface area (Å²) in [4.78, 5) is 11.2. The molecular weight excluding hydrogens is 258 g/mol. The maximum absolute atomic E-state index is 11.2. The molecule has 0 aliphatic heterocycles. The van der Waals surface area contributed by atoms with Crippen LogP contribution in [0.2, 0.25) is 0 Å². The highest BCUT2D eigenvalue weighted by Crippen LogP contribution is 2.36. The molecule has 1 heterocycles. The predicted molar refractivity (Wildman–Crippen MR) is 74.2 cm³/mol. The highest BCUT2D eigenvalue weighted by atomic mass is 16.5. The second-order valence-corrected chi connectivity index (χ2v) is 5.54. The van der Waals surface area contributed by atoms with E-state index in [2.05, 4.69) is 25.9 Å². The number of aromatic carboxylic acids is 1. The summed E-state index contributed by atoms with van der Waals surface area (Å²) in [5.41, 5.74) is 1.61. The maximum Gasteiger partial charge on any atom is 0.341 e. The zero-order chi connectivity index (χ0) is 14.9. The van der Waals surface area contributed by atoms with Crippen LogP contribution in [0.3, 0.4) is 0 Å². The Balaban J connectivity index is 2.65. The molecule has 0 aliphatic rings. The Morgan fingerprint density at radius 1 is 1.35 bits per heavy atom. The minimum atomic E-state index is -1.08. The van der Waals surface area contributed by atoms with Gasteiger partial charge in [-0.2, -0.15) is 0 Å². The van der Waals surface area contributed by atoms with Crippen molar-refractivity contribution in [3.05, 3.63) is 35.5 Å². The summed E-state index contributed by atoms with van der Waals surface area (Å²) in [6, 6.07) is 5.65. The quantitative estimate of drug-likeness (QED) is 0.930. The molecule has 0 fully saturated rings. The lowest BCUT2D eigenvalue weighted by molar-refractivity contribution is 0.0697. The molecule has 0 amide bonds. The number of ether oxygens (including phenoxy) is 1. The molecule has 1 aromatic carbocycles. The van der Waals surface area contributed by atoms with Crippen LogP contribution in [-0.4, -0.2) is 23.3 Å². The molecule has 0 aliphatic carbocycles. The zero-order valence-electron chi connectivity index (χ0n) is 11.9. The molecule has 2 rings (SSSR count). The second kappa shape index (κ2) is 5.00. The van der Waals surface area contributed by atoms with Gasteiger partial charge in [-0.1, -0.05) is 32.0 Å². The second-order valence-electron chi connectivity index (χ2n) is 5.54. The lowest BCUT2D eigenvalue weighted by atomic mass is 9.85. The summed E-state index contributed by atoms with van der Waals surface area (Å²) in [5.74, 6) is -0.317. The van der Waals surface area contributed by atoms with E-state index in [0.29, 0.717) is 11.3 Å². The SMILES string of the molecule is COc1ccc(C(C)(C)C)cc1-c1oncc1C(=O)O. The number of methoxy groups -OCH3 is 1. The van der Waals surface area contributed by atoms with Crippen molar-refractivity contribution in [1.82, 2.24) is 5.16 Å². The summed E-state index contributed by atoms with van der Waals surface area (Å²) in [6.45, 7) is 6.24. The Morgan fingerprint density at radius 2 is 2.05 bits per heavy atom. The van der Waals surface area contributed by atoms with Crippen molar-refractivity contribution in [2.24, 2.45) is 0 Å². The van der Waals surface area contributed by atoms with E-state index in [1.807, 2.05) is 18.2 Å². The van der Waals surface area contributed by atoms with Crippen LogP contribution in [0, 0.1) is 0 Å². The van der Waals surface area contributed by atoms with Crippen molar-refractivity contribution < 1.29 is 19.2 Å². The summed E-state index contributed by atoms with van der Waals surface area (Å²) < 4.78 is 10.4. The van der Waals surface area contributed by atoms with Crippen LogP contribution >= 0.6 is 0 Å². The molecule has 0 atom stereocenters. The monoisotopic (exact) mass is 275 g/mol. The van der Waals surface area contributed by atoms with Gasteiger partial charge < -0.3 is 14.4 Å². The lowest BCUT2D eigenvalue weighted by Gasteiger charge is -2.20. The standard InChI is InChI=1S/C15H17NO4/c1-15(2,3)9-5-6-12(19-4)10(7-9)13-11(14(17)18)8-16-20-13/h5-8H,1-4H3,(H,17,18). The van der Waals surface area contributed by atoms with E-state index in [9.17, 15) is 4.79 Å². The van der Waals surface area contributed by atoms with Crippen molar-refractivity contribution >= 4 is 5.97 Å². The summed E-state index contributed by atoms with van der Waals surface area (Å²) in [7, 11) is 1.53. The first-order valence-corrected chi connectivity index (χ1v) is 6.21. The van der Waals surface area contributed by atoms with Gasteiger partial charge in [0, 0.05) is 0 Å². The number of aromatic nitrogens is 1. The fourth-order valence-corrected chi connectivity index (χ4v) is 1.94. The van der Waals surface area contributed by atoms with Crippen LogP contribution < -0.4 is 4.74 Å². The maximum atomic E-state index is 11.2. The van der Waals surface area contributed by atoms with E-state index in [4.69, 9.17) is 14.4 Å². The molecule has 0 spiro atoms. The summed E-state index contributed by atoms with van der Waals surface area (Å²) in [5, 5.41) is 12.7. The van der Waals surface area contributed by atoms with E-state index in [1.54, 1.807) is 0 Å². The zero-order valence-corrected chi connectivity index (χ0v) is 11.9. The Hall–Kier alpha value is -2.30. The normalized spacial score (nSPS) is 11.4. The van der Waals surface area contributed by atoms with Crippen molar-refractivity contribution in [2.45, 2.75) is 26.2 Å². The fraction of sp³-hybridized carbons (Fsp3) is 0.333. The third kappa shape index (κ3) is 2.52. The first-order valence-electron chi connectivity index (χ1n) is 6.21. The average molecular weight is 275 g/mol. The molecule has 0 radical (unpaired) electrons. The predicted octanol–water partition coefficient (Wildman–Crippen LogP) is 3.35. The Bertz CT molecular complexity index is 638. The number of carbonyl (C=O) groups is 1. The van der Waals surface area contributed by atoms with Crippen LogP contribution in [0.1, 0.15) is 36.7 Å². The first-order chi connectivity index (χ1) is 9.34. The highest BCUT2D eigenvalue weighted by Gasteiger charge is 2.23. The van der Waals surface area contributed by atoms with Gasteiger partial charge >= 0.3 is 5.97 Å². The van der Waals surface area contributed by atoms with Crippen molar-refractivity contribution in [1.29, 1.82) is 0 Å². The minimum Gasteiger partial charge on any atom is -0.496 e. The van der Waals surface area contributed by atoms with E-state index in [-0.39, 0.29) is 16.7 Å². The Labute approximate surface area is 117 Å². The largest absolute Gasteiger partial charge is 0.496 e. The molecule has 0 saturated carbocycles. The third-order valence-electron chi connectivity index (χ3n) is 3.11. The van der Waals surface area contributed by atoms with Gasteiger partial charge in [0.15, 0.2) is 5.76 Å². The molecular formula is C15H17NO4. The number of carboxylic acids is 1. The van der Waals surface area contributed by atoms with Gasteiger partial charge in [0.25, 0.3) is 0 Å². The van der Waals surface area contributed by atoms with Crippen LogP contribution in [0.4, 0.5) is 0 Å². The number of hydrogen-bond donors (Lipinski definition) is 1. The molecule has 0 saturated heterocycles. The molecule has 1 N–H and O–H groups in total. The smallest absolute Gasteiger partial charge is 0.341 e. The van der Waals surface area contributed by atoms with E-state index in [0.717, 1.165) is 5.56 Å². The van der Waals surface area contributed by atoms with Gasteiger partial charge in [-0.05, 0) is 23.1 Å². The molecule has 20 heavy (non-hydrogen) atoms. The first kappa shape index (κ1) is 14.1. The molecule has 0 unspecified atom stereocenters. The molecule has 0 bridgehead atoms. The van der Waals surface area contributed by atoms with Gasteiger partial charge in [-0.25, -0.2) is 4.79 Å². The summed E-state index contributed by atoms with van der Waals surface area (Å²) in [6.07, 6.45) is 1.20. The fourth-order valence-electron chi connectivity index (χ4n) is 1.94. The third-order valence-corrected chi connectivity index (χ3v) is 3.11. The number of carboxylic acid groups (broad SMARTS) is 1. The Morgan fingerprint density at radius 3 is 2.60 bits per heavy atom. The van der Waals surface area contributed by atoms with Crippen LogP contribution in [0.25, 0.3) is 11.3 Å². The van der Waals surface area contributed by atoms with Gasteiger partial charge in [-0.3, -0.25) is 0 Å². The lowest BCUT2D eigenvalue weighted by Crippen LogP contribution is -2.11. The minimum absolute atomic E-state index is 0.0226. The van der Waals surface area contributed by atoms with Gasteiger partial charge in [0.1, 0.15) is 11.3 Å². The Kier molecular flexibility index (Phi) is 3.53. The number of rotatable bonds is 3. The van der Waals surface area contributed by atoms with E-state index >= 15 is 0 Å². The molecule has 1 aromatic heterocycles. The average Bonchev–Trinajstić information content (AvgIpc) is 2.86. The molecule has 5 heteroatoms. The number of hydrogen-bond acceptors (Lipinski definition) is 4. The number of benzene rings is 1. The van der Waals surface area contributed by atoms with Gasteiger partial charge in [0.05, 0.1) is 18.9 Å². The molecule has 106 valence electrons. The summed E-state index contributed by atoms with van der Waals surface area (Å²) >= 11 is 0. The topological polar surface area (TPSA) is 72.6 Å². The van der Waals surface area contributed by atoms with Gasteiger partial charge in [0.2, 0.25) is 0 Å². The van der Waals surface area contributed by atoms with Crippen molar-refractivity contribution in [3.63, 3.8) is 0 Å². The van der Waals surface area contributed by atoms with Crippen LogP contribution in [0.15, 0.2) is 28.9 Å². The number of nitrogens with zero attached hydrogens (tertiary/aromatic N) is 1. The van der Waals surface area contributed by atoms with E-state index in [1.165, 1.54) is 13.3 Å².